The summed E-state index contributed by atoms with van der Waals surface area (Å²) in [7, 11) is -3.19. The minimum atomic E-state index is -3.19. The van der Waals surface area contributed by atoms with Gasteiger partial charge in [0.15, 0.2) is 16.4 Å². The molecule has 1 unspecified atom stereocenters. The van der Waals surface area contributed by atoms with Crippen molar-refractivity contribution < 1.29 is 22.7 Å². The third kappa shape index (κ3) is 6.72. The summed E-state index contributed by atoms with van der Waals surface area (Å²) >= 11 is 0. The van der Waals surface area contributed by atoms with Gasteiger partial charge < -0.3 is 15.0 Å². The second-order valence-corrected chi connectivity index (χ2v) is 11.3. The Hall–Kier alpha value is -3.13. The van der Waals surface area contributed by atoms with Crippen molar-refractivity contribution in [3.8, 4) is 0 Å². The van der Waals surface area contributed by atoms with Crippen molar-refractivity contribution in [3.05, 3.63) is 71.8 Å². The molecule has 1 aliphatic carbocycles. The molecule has 0 radical (unpaired) electrons. The molecule has 1 amide bonds. The number of carbonyl (C=O) groups excluding carboxylic acids is 2. The van der Waals surface area contributed by atoms with Gasteiger partial charge in [0, 0.05) is 17.9 Å². The number of benzene rings is 2. The standard InChI is InChI=1S/C27H32N2O5S/c30-26(29(22-11-5-2-6-12-22)23-16-18-35(32,33)20-23)19-34-27(31)24-13-7-8-14-25(24)28-17-15-21-9-3-1-4-10-21/h2,5-9,11-14,23,28H,1,3-4,10,15-20H2. The maximum absolute atomic E-state index is 13.1. The molecule has 4 rings (SSSR count). The predicted molar refractivity (Wildman–Crippen MR) is 137 cm³/mol. The van der Waals surface area contributed by atoms with Crippen LogP contribution in [0.15, 0.2) is 66.2 Å². The van der Waals surface area contributed by atoms with Crippen LogP contribution in [0, 0.1) is 0 Å². The van der Waals surface area contributed by atoms with Crippen LogP contribution in [0.5, 0.6) is 0 Å². The number of carbonyl (C=O) groups is 2. The lowest BCUT2D eigenvalue weighted by molar-refractivity contribution is -0.122. The normalized spacial score (nSPS) is 19.0. The fourth-order valence-corrected chi connectivity index (χ4v) is 6.41. The summed E-state index contributed by atoms with van der Waals surface area (Å²) < 4.78 is 29.5. The van der Waals surface area contributed by atoms with E-state index in [2.05, 4.69) is 11.4 Å². The highest BCUT2D eigenvalue weighted by atomic mass is 32.2. The molecule has 2 aromatic carbocycles. The minimum absolute atomic E-state index is 0.0457. The Kier molecular flexibility index (Phi) is 8.23. The molecule has 35 heavy (non-hydrogen) atoms. The molecule has 1 saturated heterocycles. The SMILES string of the molecule is O=C(OCC(=O)N(c1ccccc1)C1CCS(=O)(=O)C1)c1ccccc1NCCC1=CCCCC1. The van der Waals surface area contributed by atoms with E-state index in [0.717, 1.165) is 19.3 Å². The van der Waals surface area contributed by atoms with E-state index in [9.17, 15) is 18.0 Å². The summed E-state index contributed by atoms with van der Waals surface area (Å²) in [4.78, 5) is 27.5. The molecule has 1 N–H and O–H groups in total. The Morgan fingerprint density at radius 2 is 1.80 bits per heavy atom. The number of hydrogen-bond donors (Lipinski definition) is 1. The van der Waals surface area contributed by atoms with Crippen LogP contribution in [0.3, 0.4) is 0 Å². The molecular weight excluding hydrogens is 464 g/mol. The van der Waals surface area contributed by atoms with Crippen molar-refractivity contribution in [2.75, 3.05) is 34.9 Å². The third-order valence-corrected chi connectivity index (χ3v) is 8.25. The lowest BCUT2D eigenvalue weighted by Gasteiger charge is -2.28. The number of nitrogens with one attached hydrogen (secondary N) is 1. The zero-order valence-electron chi connectivity index (χ0n) is 19.8. The van der Waals surface area contributed by atoms with E-state index in [1.165, 1.54) is 23.3 Å². The summed E-state index contributed by atoms with van der Waals surface area (Å²) in [5.74, 6) is -1.08. The molecule has 8 heteroatoms. The topological polar surface area (TPSA) is 92.8 Å². The largest absolute Gasteiger partial charge is 0.452 e. The Morgan fingerprint density at radius 3 is 2.51 bits per heavy atom. The highest BCUT2D eigenvalue weighted by Gasteiger charge is 2.35. The average molecular weight is 497 g/mol. The van der Waals surface area contributed by atoms with Gasteiger partial charge in [0.25, 0.3) is 5.91 Å². The van der Waals surface area contributed by atoms with E-state index in [0.29, 0.717) is 29.9 Å². The molecule has 0 bridgehead atoms. The summed E-state index contributed by atoms with van der Waals surface area (Å²) in [5.41, 5.74) is 3.08. The highest BCUT2D eigenvalue weighted by Crippen LogP contribution is 2.25. The highest BCUT2D eigenvalue weighted by molar-refractivity contribution is 7.91. The summed E-state index contributed by atoms with van der Waals surface area (Å²) in [5, 5.41) is 3.33. The molecule has 0 aromatic heterocycles. The van der Waals surface area contributed by atoms with Gasteiger partial charge in [0.2, 0.25) is 0 Å². The second-order valence-electron chi connectivity index (χ2n) is 9.06. The van der Waals surface area contributed by atoms with Crippen molar-refractivity contribution in [3.63, 3.8) is 0 Å². The molecule has 0 spiro atoms. The maximum Gasteiger partial charge on any atom is 0.340 e. The van der Waals surface area contributed by atoms with Crippen LogP contribution in [0.25, 0.3) is 0 Å². The van der Waals surface area contributed by atoms with Gasteiger partial charge in [-0.25, -0.2) is 13.2 Å². The Labute approximate surface area is 207 Å². The zero-order chi connectivity index (χ0) is 24.7. The van der Waals surface area contributed by atoms with E-state index < -0.39 is 34.4 Å². The molecule has 0 saturated carbocycles. The number of anilines is 2. The number of para-hydroxylation sites is 2. The van der Waals surface area contributed by atoms with Gasteiger partial charge in [0.05, 0.1) is 23.1 Å². The van der Waals surface area contributed by atoms with Crippen LogP contribution >= 0.6 is 0 Å². The number of allylic oxidation sites excluding steroid dienone is 1. The van der Waals surface area contributed by atoms with Crippen molar-refractivity contribution in [1.82, 2.24) is 0 Å². The third-order valence-electron chi connectivity index (χ3n) is 6.50. The fourth-order valence-electron chi connectivity index (χ4n) is 4.71. The summed E-state index contributed by atoms with van der Waals surface area (Å²) in [6.45, 7) is 0.249. The molecule has 7 nitrogen and oxygen atoms in total. The van der Waals surface area contributed by atoms with Crippen LogP contribution in [0.4, 0.5) is 11.4 Å². The van der Waals surface area contributed by atoms with E-state index >= 15 is 0 Å². The number of ether oxygens (including phenoxy) is 1. The smallest absolute Gasteiger partial charge is 0.340 e. The molecule has 186 valence electrons. The monoisotopic (exact) mass is 496 g/mol. The van der Waals surface area contributed by atoms with Crippen molar-refractivity contribution >= 4 is 33.1 Å². The molecule has 2 aromatic rings. The van der Waals surface area contributed by atoms with E-state index in [1.54, 1.807) is 36.4 Å². The van der Waals surface area contributed by atoms with E-state index in [4.69, 9.17) is 4.74 Å². The van der Waals surface area contributed by atoms with Gasteiger partial charge >= 0.3 is 5.97 Å². The first-order valence-electron chi connectivity index (χ1n) is 12.2. The van der Waals surface area contributed by atoms with Crippen LogP contribution in [0.1, 0.15) is 48.9 Å². The van der Waals surface area contributed by atoms with Gasteiger partial charge in [-0.15, -0.1) is 0 Å². The second kappa shape index (κ2) is 11.5. The molecule has 2 aliphatic rings. The van der Waals surface area contributed by atoms with Crippen molar-refractivity contribution in [2.45, 2.75) is 44.6 Å². The van der Waals surface area contributed by atoms with Crippen LogP contribution in [-0.4, -0.2) is 51.0 Å². The van der Waals surface area contributed by atoms with Gasteiger partial charge in [0.1, 0.15) is 0 Å². The maximum atomic E-state index is 13.1. The number of sulfone groups is 1. The van der Waals surface area contributed by atoms with Crippen LogP contribution in [-0.2, 0) is 19.4 Å². The number of rotatable bonds is 9. The van der Waals surface area contributed by atoms with Crippen LogP contribution in [0.2, 0.25) is 0 Å². The first-order valence-corrected chi connectivity index (χ1v) is 14.0. The van der Waals surface area contributed by atoms with Gasteiger partial charge in [-0.2, -0.15) is 0 Å². The molecule has 1 heterocycles. The predicted octanol–water partition coefficient (Wildman–Crippen LogP) is 4.37. The first-order chi connectivity index (χ1) is 16.9. The number of hydrogen-bond acceptors (Lipinski definition) is 6. The number of nitrogens with zero attached hydrogens (tertiary/aromatic N) is 1. The Morgan fingerprint density at radius 1 is 1.03 bits per heavy atom. The summed E-state index contributed by atoms with van der Waals surface area (Å²) in [6.07, 6.45) is 8.36. The Bertz CT molecular complexity index is 1180. The lowest BCUT2D eigenvalue weighted by atomic mass is 9.97. The first kappa shape index (κ1) is 25.0. The summed E-state index contributed by atoms with van der Waals surface area (Å²) in [6, 6.07) is 15.5. The van der Waals surface area contributed by atoms with E-state index in [1.807, 2.05) is 18.2 Å². The lowest BCUT2D eigenvalue weighted by Crippen LogP contribution is -2.43. The quantitative estimate of drug-likeness (QED) is 0.409. The van der Waals surface area contributed by atoms with Gasteiger partial charge in [-0.1, -0.05) is 42.0 Å². The average Bonchev–Trinajstić information content (AvgIpc) is 3.23. The van der Waals surface area contributed by atoms with E-state index in [-0.39, 0.29) is 11.5 Å². The van der Waals surface area contributed by atoms with Crippen molar-refractivity contribution in [2.24, 2.45) is 0 Å². The zero-order valence-corrected chi connectivity index (χ0v) is 20.6. The Balaban J connectivity index is 1.39. The molecular formula is C27H32N2O5S. The van der Waals surface area contributed by atoms with Crippen LogP contribution < -0.4 is 10.2 Å². The minimum Gasteiger partial charge on any atom is -0.452 e. The number of amides is 1. The fraction of sp³-hybridized carbons (Fsp3) is 0.407. The molecule has 1 fully saturated rings. The van der Waals surface area contributed by atoms with Crippen molar-refractivity contribution in [1.29, 1.82) is 0 Å². The number of esters is 1. The van der Waals surface area contributed by atoms with Gasteiger partial charge in [-0.05, 0) is 62.8 Å². The van der Waals surface area contributed by atoms with Gasteiger partial charge in [-0.3, -0.25) is 4.79 Å². The molecule has 1 atom stereocenters. The molecule has 1 aliphatic heterocycles.